The molecular weight excluding hydrogens is 490 g/mol. The molecule has 0 aliphatic carbocycles. The third kappa shape index (κ3) is 3.43. The predicted octanol–water partition coefficient (Wildman–Crippen LogP) is 7.58. The van der Waals surface area contributed by atoms with Gasteiger partial charge in [0.15, 0.2) is 0 Å². The van der Waals surface area contributed by atoms with E-state index in [0.717, 1.165) is 45.3 Å². The van der Waals surface area contributed by atoms with Crippen LogP contribution in [0.1, 0.15) is 0 Å². The molecule has 0 saturated heterocycles. The summed E-state index contributed by atoms with van der Waals surface area (Å²) >= 11 is 0. The number of hydrogen-bond donors (Lipinski definition) is 0. The van der Waals surface area contributed by atoms with Gasteiger partial charge in [0.05, 0.1) is 0 Å². The summed E-state index contributed by atoms with van der Waals surface area (Å²) in [5.41, 5.74) is 12.4. The zero-order chi connectivity index (χ0) is 26.6. The molecule has 0 bridgehead atoms. The van der Waals surface area contributed by atoms with Gasteiger partial charge in [-0.25, -0.2) is 4.39 Å². The van der Waals surface area contributed by atoms with Gasteiger partial charge >= 0.3 is 0 Å². The first-order valence-corrected chi connectivity index (χ1v) is 13.6. The summed E-state index contributed by atoms with van der Waals surface area (Å²) in [6, 6.07) is 49.9. The largest absolute Gasteiger partial charge is 0.311 e. The van der Waals surface area contributed by atoms with Gasteiger partial charge < -0.3 is 9.80 Å². The van der Waals surface area contributed by atoms with Crippen molar-refractivity contribution in [2.24, 2.45) is 0 Å². The van der Waals surface area contributed by atoms with Gasteiger partial charge in [0.25, 0.3) is 6.71 Å². The molecule has 0 amide bonds. The van der Waals surface area contributed by atoms with E-state index in [1.165, 1.54) is 22.5 Å². The van der Waals surface area contributed by atoms with Crippen molar-refractivity contribution in [3.63, 3.8) is 0 Å². The number of nitrogens with zero attached hydrogens (tertiary/aromatic N) is 2. The quantitative estimate of drug-likeness (QED) is 0.224. The lowest BCUT2D eigenvalue weighted by Crippen LogP contribution is -2.61. The summed E-state index contributed by atoms with van der Waals surface area (Å²) in [6.07, 6.45) is 0. The highest BCUT2D eigenvalue weighted by Crippen LogP contribution is 2.45. The fourth-order valence-electron chi connectivity index (χ4n) is 6.44. The standard InChI is InChI=1S/C36H24BFN2/c38-27-13-11-12-25(22-27)26-23-34-36-35(24-26)40(29-16-5-2-6-17-29)33-21-10-8-19-31(33)37(36)30-18-7-9-20-32(30)39(34)28-14-3-1-4-15-28/h1-24H. The second-order valence-electron chi connectivity index (χ2n) is 10.3. The first-order chi connectivity index (χ1) is 19.8. The van der Waals surface area contributed by atoms with Crippen LogP contribution in [0.2, 0.25) is 0 Å². The zero-order valence-electron chi connectivity index (χ0n) is 21.7. The summed E-state index contributed by atoms with van der Waals surface area (Å²) in [6.45, 7) is 0.0684. The molecule has 188 valence electrons. The molecule has 2 heterocycles. The van der Waals surface area contributed by atoms with Crippen molar-refractivity contribution in [1.82, 2.24) is 0 Å². The van der Waals surface area contributed by atoms with Crippen molar-refractivity contribution in [2.75, 3.05) is 9.80 Å². The van der Waals surface area contributed by atoms with Gasteiger partial charge in [0.1, 0.15) is 5.82 Å². The van der Waals surface area contributed by atoms with Crippen LogP contribution in [0.3, 0.4) is 0 Å². The SMILES string of the molecule is Fc1cccc(-c2cc3c4c(c2)N(c2ccccc2)c2ccccc2B4c2ccccc2N3c2ccccc2)c1. The van der Waals surface area contributed by atoms with Gasteiger partial charge in [-0.1, -0.05) is 84.9 Å². The van der Waals surface area contributed by atoms with Crippen LogP contribution in [-0.4, -0.2) is 6.71 Å². The van der Waals surface area contributed by atoms with E-state index in [-0.39, 0.29) is 12.5 Å². The monoisotopic (exact) mass is 514 g/mol. The highest BCUT2D eigenvalue weighted by atomic mass is 19.1. The Balaban J connectivity index is 1.51. The molecule has 2 aliphatic heterocycles. The Morgan fingerprint density at radius 2 is 0.925 bits per heavy atom. The Bertz CT molecular complexity index is 1770. The summed E-state index contributed by atoms with van der Waals surface area (Å²) in [5, 5.41) is 0. The minimum atomic E-state index is -0.239. The Kier molecular flexibility index (Phi) is 5.14. The second-order valence-corrected chi connectivity index (χ2v) is 10.3. The molecule has 0 radical (unpaired) electrons. The molecule has 0 atom stereocenters. The van der Waals surface area contributed by atoms with Crippen LogP contribution in [0, 0.1) is 5.82 Å². The topological polar surface area (TPSA) is 6.48 Å². The fraction of sp³-hybridized carbons (Fsp3) is 0. The molecule has 0 saturated carbocycles. The van der Waals surface area contributed by atoms with Crippen LogP contribution in [0.25, 0.3) is 11.1 Å². The maximum absolute atomic E-state index is 14.5. The van der Waals surface area contributed by atoms with Crippen molar-refractivity contribution in [2.45, 2.75) is 0 Å². The van der Waals surface area contributed by atoms with Crippen LogP contribution in [0.4, 0.5) is 38.5 Å². The molecule has 6 aromatic rings. The molecular formula is C36H24BFN2. The van der Waals surface area contributed by atoms with E-state index >= 15 is 0 Å². The van der Waals surface area contributed by atoms with Gasteiger partial charge in [0, 0.05) is 34.1 Å². The van der Waals surface area contributed by atoms with Crippen molar-refractivity contribution in [3.8, 4) is 11.1 Å². The second kappa shape index (κ2) is 8.99. The number of benzene rings is 6. The Morgan fingerprint density at radius 1 is 0.425 bits per heavy atom. The fourth-order valence-corrected chi connectivity index (χ4v) is 6.44. The van der Waals surface area contributed by atoms with E-state index in [1.807, 2.05) is 18.2 Å². The van der Waals surface area contributed by atoms with Crippen molar-refractivity contribution in [3.05, 3.63) is 151 Å². The van der Waals surface area contributed by atoms with Crippen LogP contribution in [0.15, 0.2) is 146 Å². The number of hydrogen-bond acceptors (Lipinski definition) is 2. The lowest BCUT2D eigenvalue weighted by Gasteiger charge is -2.44. The summed E-state index contributed by atoms with van der Waals surface area (Å²) < 4.78 is 14.5. The van der Waals surface area contributed by atoms with E-state index in [0.29, 0.717) is 0 Å². The van der Waals surface area contributed by atoms with Gasteiger partial charge in [-0.05, 0) is 88.2 Å². The molecule has 0 fully saturated rings. The summed E-state index contributed by atoms with van der Waals surface area (Å²) in [7, 11) is 0. The number of rotatable bonds is 3. The molecule has 6 aromatic carbocycles. The smallest absolute Gasteiger partial charge is 0.252 e. The first kappa shape index (κ1) is 22.9. The number of fused-ring (bicyclic) bond motifs is 4. The highest BCUT2D eigenvalue weighted by Gasteiger charge is 2.43. The lowest BCUT2D eigenvalue weighted by molar-refractivity contribution is 0.628. The summed E-state index contributed by atoms with van der Waals surface area (Å²) in [4.78, 5) is 4.73. The van der Waals surface area contributed by atoms with Gasteiger partial charge in [-0.15, -0.1) is 0 Å². The molecule has 8 rings (SSSR count). The molecule has 0 unspecified atom stereocenters. The minimum absolute atomic E-state index is 0.0684. The van der Waals surface area contributed by atoms with Crippen LogP contribution in [0.5, 0.6) is 0 Å². The van der Waals surface area contributed by atoms with Crippen LogP contribution in [-0.2, 0) is 0 Å². The minimum Gasteiger partial charge on any atom is -0.311 e. The van der Waals surface area contributed by atoms with Crippen LogP contribution < -0.4 is 26.2 Å². The molecule has 40 heavy (non-hydrogen) atoms. The Labute approximate surface area is 233 Å². The molecule has 0 aromatic heterocycles. The number of para-hydroxylation sites is 4. The van der Waals surface area contributed by atoms with Crippen molar-refractivity contribution in [1.29, 1.82) is 0 Å². The third-order valence-electron chi connectivity index (χ3n) is 8.07. The van der Waals surface area contributed by atoms with E-state index in [4.69, 9.17) is 0 Å². The molecule has 4 heteroatoms. The lowest BCUT2D eigenvalue weighted by atomic mass is 9.33. The zero-order valence-corrected chi connectivity index (χ0v) is 21.7. The average molecular weight is 514 g/mol. The van der Waals surface area contributed by atoms with E-state index in [9.17, 15) is 4.39 Å². The Morgan fingerprint density at radius 3 is 1.45 bits per heavy atom. The van der Waals surface area contributed by atoms with Gasteiger partial charge in [0.2, 0.25) is 0 Å². The molecule has 2 nitrogen and oxygen atoms in total. The van der Waals surface area contributed by atoms with Crippen molar-refractivity contribution >= 4 is 57.2 Å². The maximum atomic E-state index is 14.5. The first-order valence-electron chi connectivity index (χ1n) is 13.6. The average Bonchev–Trinajstić information content (AvgIpc) is 3.01. The normalized spacial score (nSPS) is 13.0. The van der Waals surface area contributed by atoms with Gasteiger partial charge in [-0.3, -0.25) is 0 Å². The van der Waals surface area contributed by atoms with Crippen molar-refractivity contribution < 1.29 is 4.39 Å². The maximum Gasteiger partial charge on any atom is 0.252 e. The number of halogens is 1. The van der Waals surface area contributed by atoms with E-state index in [2.05, 4.69) is 119 Å². The molecule has 2 aliphatic rings. The van der Waals surface area contributed by atoms with Crippen LogP contribution >= 0.6 is 0 Å². The Hall–Kier alpha value is -5.09. The third-order valence-corrected chi connectivity index (χ3v) is 8.07. The number of anilines is 6. The van der Waals surface area contributed by atoms with E-state index in [1.54, 1.807) is 12.1 Å². The highest BCUT2D eigenvalue weighted by molar-refractivity contribution is 7.00. The predicted molar refractivity (Wildman–Crippen MR) is 166 cm³/mol. The van der Waals surface area contributed by atoms with Gasteiger partial charge in [-0.2, -0.15) is 0 Å². The van der Waals surface area contributed by atoms with E-state index < -0.39 is 0 Å². The molecule has 0 N–H and O–H groups in total. The molecule has 0 spiro atoms. The summed E-state index contributed by atoms with van der Waals surface area (Å²) in [5.74, 6) is -0.239.